The van der Waals surface area contributed by atoms with Gasteiger partial charge in [-0.1, -0.05) is 101 Å². The van der Waals surface area contributed by atoms with Crippen molar-refractivity contribution in [1.82, 2.24) is 0 Å². The van der Waals surface area contributed by atoms with Crippen molar-refractivity contribution in [3.8, 4) is 5.75 Å². The van der Waals surface area contributed by atoms with E-state index < -0.39 is 8.32 Å². The molecular formula is C26H46OSi. The van der Waals surface area contributed by atoms with E-state index in [1.165, 1.54) is 16.7 Å². The molecular weight excluding hydrogens is 356 g/mol. The lowest BCUT2D eigenvalue weighted by molar-refractivity contribution is 0.437. The first-order valence-electron chi connectivity index (χ1n) is 11.1. The number of hydrogen-bond acceptors (Lipinski definition) is 1. The van der Waals surface area contributed by atoms with Crippen LogP contribution in [0.3, 0.4) is 0 Å². The first-order valence-corrected chi connectivity index (χ1v) is 13.2. The molecule has 0 fully saturated rings. The summed E-state index contributed by atoms with van der Waals surface area (Å²) in [4.78, 5) is 0. The molecule has 28 heavy (non-hydrogen) atoms. The lowest BCUT2D eigenvalue weighted by atomic mass is 9.78. The molecule has 0 heterocycles. The van der Waals surface area contributed by atoms with Gasteiger partial charge in [0.25, 0.3) is 8.32 Å². The minimum absolute atomic E-state index is 0.0254. The van der Waals surface area contributed by atoms with E-state index in [0.717, 1.165) is 12.2 Å². The van der Waals surface area contributed by atoms with Crippen molar-refractivity contribution in [2.75, 3.05) is 0 Å². The predicted octanol–water partition coefficient (Wildman–Crippen LogP) is 8.56. The second-order valence-electron chi connectivity index (χ2n) is 11.4. The molecule has 1 aromatic carbocycles. The SMILES string of the molecule is C=CCc1cc(C(C)(C)C)c(O[Si](C(C)C)(C(C)C)C(C)C)c(C(C)(C)C)c1. The highest BCUT2D eigenvalue weighted by atomic mass is 28.4. The highest BCUT2D eigenvalue weighted by Crippen LogP contribution is 2.48. The van der Waals surface area contributed by atoms with Crippen LogP contribution < -0.4 is 4.43 Å². The van der Waals surface area contributed by atoms with Crippen LogP contribution >= 0.6 is 0 Å². The summed E-state index contributed by atoms with van der Waals surface area (Å²) in [5.41, 5.74) is 5.74. The van der Waals surface area contributed by atoms with Gasteiger partial charge in [0.2, 0.25) is 0 Å². The zero-order chi connectivity index (χ0) is 22.1. The smallest absolute Gasteiger partial charge is 0.258 e. The van der Waals surface area contributed by atoms with Crippen molar-refractivity contribution >= 4 is 8.32 Å². The van der Waals surface area contributed by atoms with E-state index in [-0.39, 0.29) is 10.8 Å². The molecule has 0 atom stereocenters. The molecule has 1 aromatic rings. The van der Waals surface area contributed by atoms with Gasteiger partial charge in [-0.2, -0.15) is 0 Å². The van der Waals surface area contributed by atoms with Crippen molar-refractivity contribution in [3.63, 3.8) is 0 Å². The van der Waals surface area contributed by atoms with Crippen molar-refractivity contribution < 1.29 is 4.43 Å². The zero-order valence-corrected chi connectivity index (χ0v) is 21.8. The van der Waals surface area contributed by atoms with Crippen LogP contribution in [0, 0.1) is 0 Å². The molecule has 0 aliphatic carbocycles. The zero-order valence-electron chi connectivity index (χ0n) is 20.8. The quantitative estimate of drug-likeness (QED) is 0.328. The van der Waals surface area contributed by atoms with Crippen LogP contribution in [0.15, 0.2) is 24.8 Å². The number of allylic oxidation sites excluding steroid dienone is 1. The van der Waals surface area contributed by atoms with Gasteiger partial charge in [-0.15, -0.1) is 6.58 Å². The first-order chi connectivity index (χ1) is 12.6. The lowest BCUT2D eigenvalue weighted by Gasteiger charge is -2.45. The van der Waals surface area contributed by atoms with Gasteiger partial charge in [0.1, 0.15) is 5.75 Å². The molecule has 0 amide bonds. The second-order valence-corrected chi connectivity index (χ2v) is 16.8. The number of rotatable bonds is 7. The van der Waals surface area contributed by atoms with Crippen molar-refractivity contribution in [2.45, 2.75) is 117 Å². The standard InChI is InChI=1S/C26H46OSi/c1-14-15-21-16-22(25(8,9)10)24(23(17-21)26(11,12)13)27-28(18(2)3,19(4)5)20(6)7/h14,16-20H,1,15H2,2-13H3. The number of benzene rings is 1. The van der Waals surface area contributed by atoms with Gasteiger partial charge in [0, 0.05) is 0 Å². The predicted molar refractivity (Wildman–Crippen MR) is 129 cm³/mol. The molecule has 0 aromatic heterocycles. The molecule has 0 aliphatic heterocycles. The molecule has 0 saturated carbocycles. The molecule has 160 valence electrons. The van der Waals surface area contributed by atoms with Crippen LogP contribution in [0.4, 0.5) is 0 Å². The first kappa shape index (κ1) is 25.0. The highest BCUT2D eigenvalue weighted by Gasteiger charge is 2.48. The fourth-order valence-corrected chi connectivity index (χ4v) is 10.0. The highest BCUT2D eigenvalue weighted by molar-refractivity contribution is 6.78. The molecule has 0 unspecified atom stereocenters. The van der Waals surface area contributed by atoms with E-state index in [1.54, 1.807) is 0 Å². The maximum absolute atomic E-state index is 7.35. The summed E-state index contributed by atoms with van der Waals surface area (Å²) in [6.45, 7) is 32.0. The van der Waals surface area contributed by atoms with Gasteiger partial charge in [0.05, 0.1) is 0 Å². The maximum Gasteiger partial charge on any atom is 0.258 e. The summed E-state index contributed by atoms with van der Waals surface area (Å²) in [7, 11) is -2.04. The molecule has 2 heteroatoms. The van der Waals surface area contributed by atoms with E-state index in [9.17, 15) is 0 Å². The van der Waals surface area contributed by atoms with Gasteiger partial charge in [0.15, 0.2) is 0 Å². The minimum Gasteiger partial charge on any atom is -0.542 e. The van der Waals surface area contributed by atoms with Crippen molar-refractivity contribution in [3.05, 3.63) is 41.5 Å². The Hall–Kier alpha value is -1.02. The fraction of sp³-hybridized carbons (Fsp3) is 0.692. The van der Waals surface area contributed by atoms with Crippen LogP contribution in [0.5, 0.6) is 5.75 Å². The van der Waals surface area contributed by atoms with Crippen LogP contribution in [0.1, 0.15) is 99.8 Å². The third-order valence-electron chi connectivity index (χ3n) is 6.13. The molecule has 0 aliphatic rings. The Morgan fingerprint density at radius 3 is 1.43 bits per heavy atom. The van der Waals surface area contributed by atoms with Gasteiger partial charge in [-0.05, 0) is 50.6 Å². The van der Waals surface area contributed by atoms with Crippen molar-refractivity contribution in [2.24, 2.45) is 0 Å². The number of hydrogen-bond donors (Lipinski definition) is 0. The lowest BCUT2D eigenvalue weighted by Crippen LogP contribution is -2.51. The molecule has 1 nitrogen and oxygen atoms in total. The Bertz CT molecular complexity index is 612. The Kier molecular flexibility index (Phi) is 7.84. The third kappa shape index (κ3) is 5.12. The van der Waals surface area contributed by atoms with Crippen LogP contribution in [-0.4, -0.2) is 8.32 Å². The summed E-state index contributed by atoms with van der Waals surface area (Å²) in [5, 5.41) is 0. The van der Waals surface area contributed by atoms with Crippen LogP contribution in [0.25, 0.3) is 0 Å². The van der Waals surface area contributed by atoms with Gasteiger partial charge >= 0.3 is 0 Å². The molecule has 0 bridgehead atoms. The Morgan fingerprint density at radius 1 is 0.821 bits per heavy atom. The van der Waals surface area contributed by atoms with Gasteiger partial charge < -0.3 is 4.43 Å². The Morgan fingerprint density at radius 2 is 1.18 bits per heavy atom. The van der Waals surface area contributed by atoms with Crippen molar-refractivity contribution in [1.29, 1.82) is 0 Å². The molecule has 0 spiro atoms. The summed E-state index contributed by atoms with van der Waals surface area (Å²) < 4.78 is 7.35. The summed E-state index contributed by atoms with van der Waals surface area (Å²) >= 11 is 0. The van der Waals surface area contributed by atoms with Crippen LogP contribution in [0.2, 0.25) is 16.6 Å². The van der Waals surface area contributed by atoms with E-state index in [4.69, 9.17) is 4.43 Å². The average molecular weight is 403 g/mol. The topological polar surface area (TPSA) is 9.23 Å². The average Bonchev–Trinajstić information content (AvgIpc) is 2.50. The molecule has 1 rings (SSSR count). The Labute approximate surface area is 177 Å². The van der Waals surface area contributed by atoms with Crippen LogP contribution in [-0.2, 0) is 17.3 Å². The monoisotopic (exact) mass is 402 g/mol. The largest absolute Gasteiger partial charge is 0.542 e. The van der Waals surface area contributed by atoms with E-state index in [1.807, 2.05) is 6.08 Å². The molecule has 0 radical (unpaired) electrons. The summed E-state index contributed by atoms with van der Waals surface area (Å²) in [6, 6.07) is 4.73. The Balaban J connectivity index is 3.91. The minimum atomic E-state index is -2.04. The van der Waals surface area contributed by atoms with E-state index >= 15 is 0 Å². The maximum atomic E-state index is 7.35. The van der Waals surface area contributed by atoms with E-state index in [0.29, 0.717) is 16.6 Å². The normalized spacial score (nSPS) is 13.5. The molecule has 0 N–H and O–H groups in total. The van der Waals surface area contributed by atoms with Gasteiger partial charge in [-0.3, -0.25) is 0 Å². The van der Waals surface area contributed by atoms with Gasteiger partial charge in [-0.25, -0.2) is 0 Å². The second kappa shape index (κ2) is 8.77. The summed E-state index contributed by atoms with van der Waals surface area (Å²) in [6.07, 6.45) is 2.90. The third-order valence-corrected chi connectivity index (χ3v) is 12.1. The molecule has 0 saturated heterocycles. The fourth-order valence-electron chi connectivity index (χ4n) is 4.73. The summed E-state index contributed by atoms with van der Waals surface area (Å²) in [5.74, 6) is 1.16. The van der Waals surface area contributed by atoms with E-state index in [2.05, 4.69) is 102 Å².